The maximum atomic E-state index is 12.3. The summed E-state index contributed by atoms with van der Waals surface area (Å²) in [5.41, 5.74) is 5.11. The van der Waals surface area contributed by atoms with Crippen LogP contribution in [-0.4, -0.2) is 38.2 Å². The number of likely N-dealkylation sites (N-methyl/N-ethyl adjacent to an activating group) is 1. The molecule has 9 heteroatoms. The van der Waals surface area contributed by atoms with E-state index in [4.69, 9.17) is 0 Å². The van der Waals surface area contributed by atoms with E-state index < -0.39 is 0 Å². The molecule has 2 aromatic heterocycles. The monoisotopic (exact) mass is 381 g/mol. The number of carbonyl (C=O) groups excluding carboxylic acids is 1. The number of nitrogens with one attached hydrogen (secondary N) is 1. The molecule has 1 amide bonds. The van der Waals surface area contributed by atoms with Gasteiger partial charge in [-0.1, -0.05) is 13.5 Å². The molecule has 1 aliphatic rings. The Morgan fingerprint density at radius 3 is 2.81 bits per heavy atom. The lowest BCUT2D eigenvalue weighted by Gasteiger charge is -2.35. The van der Waals surface area contributed by atoms with Crippen molar-refractivity contribution in [2.24, 2.45) is 0 Å². The Hall–Kier alpha value is -3.07. The summed E-state index contributed by atoms with van der Waals surface area (Å²) >= 11 is 1.19. The second-order valence-electron chi connectivity index (χ2n) is 6.41. The van der Waals surface area contributed by atoms with Crippen molar-refractivity contribution >= 4 is 51.8 Å². The first-order valence-electron chi connectivity index (χ1n) is 8.56. The van der Waals surface area contributed by atoms with Gasteiger partial charge in [0.15, 0.2) is 5.82 Å². The summed E-state index contributed by atoms with van der Waals surface area (Å²) in [6.45, 7) is 8.30. The Morgan fingerprint density at radius 1 is 1.33 bits per heavy atom. The molecule has 0 saturated carbocycles. The fourth-order valence-corrected chi connectivity index (χ4v) is 3.47. The highest BCUT2D eigenvalue weighted by Gasteiger charge is 2.30. The summed E-state index contributed by atoms with van der Waals surface area (Å²) in [6, 6.07) is 3.92. The number of hydrogen-bond acceptors (Lipinski definition) is 8. The molecule has 0 unspecified atom stereocenters. The third kappa shape index (κ3) is 2.99. The van der Waals surface area contributed by atoms with Gasteiger partial charge in [-0.3, -0.25) is 4.79 Å². The molecule has 3 aromatic rings. The lowest BCUT2D eigenvalue weighted by Crippen LogP contribution is -2.43. The molecular weight excluding hydrogens is 362 g/mol. The van der Waals surface area contributed by atoms with Gasteiger partial charge in [-0.25, -0.2) is 4.98 Å². The third-order valence-electron chi connectivity index (χ3n) is 4.67. The molecule has 0 bridgehead atoms. The normalized spacial score (nSPS) is 13.8. The lowest BCUT2D eigenvalue weighted by atomic mass is 10.2. The van der Waals surface area contributed by atoms with Gasteiger partial charge < -0.3 is 15.1 Å². The molecule has 0 aliphatic carbocycles. The topological polar surface area (TPSA) is 87.1 Å². The first-order valence-corrected chi connectivity index (χ1v) is 9.29. The van der Waals surface area contributed by atoms with E-state index in [1.807, 2.05) is 30.9 Å². The number of aromatic nitrogens is 4. The quantitative estimate of drug-likeness (QED) is 0.742. The van der Waals surface area contributed by atoms with Gasteiger partial charge in [0.05, 0.1) is 17.9 Å². The van der Waals surface area contributed by atoms with Gasteiger partial charge >= 0.3 is 0 Å². The van der Waals surface area contributed by atoms with E-state index in [1.165, 1.54) is 11.7 Å². The van der Waals surface area contributed by atoms with Crippen LogP contribution in [0, 0.1) is 6.92 Å². The zero-order valence-electron chi connectivity index (χ0n) is 15.4. The second kappa shape index (κ2) is 6.58. The summed E-state index contributed by atoms with van der Waals surface area (Å²) < 4.78 is 8.54. The number of allylic oxidation sites excluding steroid dienone is 1. The van der Waals surface area contributed by atoms with Crippen LogP contribution in [0.4, 0.5) is 23.1 Å². The summed E-state index contributed by atoms with van der Waals surface area (Å²) in [4.78, 5) is 24.8. The van der Waals surface area contributed by atoms with Crippen molar-refractivity contribution in [1.82, 2.24) is 18.7 Å². The van der Waals surface area contributed by atoms with Gasteiger partial charge in [-0.2, -0.15) is 13.7 Å². The van der Waals surface area contributed by atoms with Crippen LogP contribution in [0.25, 0.3) is 11.0 Å². The van der Waals surface area contributed by atoms with E-state index in [-0.39, 0.29) is 12.5 Å². The van der Waals surface area contributed by atoms with Crippen LogP contribution in [0.3, 0.4) is 0 Å². The highest BCUT2D eigenvalue weighted by atomic mass is 32.1. The van der Waals surface area contributed by atoms with Gasteiger partial charge in [0.1, 0.15) is 23.3 Å². The maximum Gasteiger partial charge on any atom is 0.246 e. The van der Waals surface area contributed by atoms with Crippen molar-refractivity contribution in [2.75, 3.05) is 28.7 Å². The number of anilines is 4. The molecular formula is C18H19N7OS. The van der Waals surface area contributed by atoms with E-state index in [2.05, 4.69) is 30.6 Å². The Kier molecular flexibility index (Phi) is 4.23. The summed E-state index contributed by atoms with van der Waals surface area (Å²) in [6.07, 6.45) is 2.39. The Bertz CT molecular complexity index is 1060. The minimum absolute atomic E-state index is 0.0151. The smallest absolute Gasteiger partial charge is 0.246 e. The highest BCUT2D eigenvalue weighted by Crippen LogP contribution is 2.34. The number of fused-ring (bicyclic) bond motifs is 2. The highest BCUT2D eigenvalue weighted by molar-refractivity contribution is 7.00. The molecule has 0 radical (unpaired) electrons. The minimum atomic E-state index is -0.0151. The Balaban J connectivity index is 1.73. The van der Waals surface area contributed by atoms with Gasteiger partial charge in [0.2, 0.25) is 11.9 Å². The van der Waals surface area contributed by atoms with Crippen LogP contribution in [0.2, 0.25) is 0 Å². The van der Waals surface area contributed by atoms with Crippen LogP contribution in [0.15, 0.2) is 30.6 Å². The maximum absolute atomic E-state index is 12.3. The number of hydrogen-bond donors (Lipinski definition) is 1. The largest absolute Gasteiger partial charge is 0.324 e. The van der Waals surface area contributed by atoms with Gasteiger partial charge in [0.25, 0.3) is 0 Å². The number of amides is 1. The number of rotatable bonds is 4. The van der Waals surface area contributed by atoms with E-state index in [0.29, 0.717) is 17.5 Å². The van der Waals surface area contributed by atoms with Gasteiger partial charge in [-0.15, -0.1) is 0 Å². The average Bonchev–Trinajstić information content (AvgIpc) is 3.11. The van der Waals surface area contributed by atoms with Crippen LogP contribution in [0.5, 0.6) is 0 Å². The van der Waals surface area contributed by atoms with E-state index >= 15 is 0 Å². The fraction of sp³-hybridized carbons (Fsp3) is 0.278. The van der Waals surface area contributed by atoms with E-state index in [9.17, 15) is 4.79 Å². The molecule has 0 saturated heterocycles. The van der Waals surface area contributed by atoms with Crippen LogP contribution < -0.4 is 15.1 Å². The molecule has 1 aliphatic heterocycles. The molecule has 4 rings (SSSR count). The van der Waals surface area contributed by atoms with Gasteiger partial charge in [0, 0.05) is 18.4 Å². The third-order valence-corrected chi connectivity index (χ3v) is 5.23. The van der Waals surface area contributed by atoms with Crippen LogP contribution in [0.1, 0.15) is 18.9 Å². The van der Waals surface area contributed by atoms with Crippen molar-refractivity contribution in [3.05, 3.63) is 36.2 Å². The lowest BCUT2D eigenvalue weighted by molar-refractivity contribution is -0.117. The number of nitrogens with zero attached hydrogens (tertiary/aromatic N) is 6. The Labute approximate surface area is 160 Å². The van der Waals surface area contributed by atoms with Gasteiger partial charge in [-0.05, 0) is 31.0 Å². The molecule has 8 nitrogen and oxygen atoms in total. The van der Waals surface area contributed by atoms with E-state index in [0.717, 1.165) is 34.4 Å². The molecule has 1 N–H and O–H groups in total. The SMILES string of the molecule is C=C(CC)N1CC(=O)N(C)c2cnc(Nc3cc4nsnc4cc3C)nc21. The molecule has 0 spiro atoms. The predicted octanol–water partition coefficient (Wildman–Crippen LogP) is 3.24. The van der Waals surface area contributed by atoms with Crippen LogP contribution in [-0.2, 0) is 4.79 Å². The summed E-state index contributed by atoms with van der Waals surface area (Å²) in [5.74, 6) is 1.12. The molecule has 3 heterocycles. The summed E-state index contributed by atoms with van der Waals surface area (Å²) in [7, 11) is 1.73. The minimum Gasteiger partial charge on any atom is -0.324 e. The van der Waals surface area contributed by atoms with Crippen LogP contribution >= 0.6 is 11.7 Å². The number of carbonyl (C=O) groups is 1. The Morgan fingerprint density at radius 2 is 2.07 bits per heavy atom. The number of aryl methyl sites for hydroxylation is 1. The van der Waals surface area contributed by atoms with Crippen molar-refractivity contribution in [1.29, 1.82) is 0 Å². The molecule has 27 heavy (non-hydrogen) atoms. The molecule has 0 fully saturated rings. The fourth-order valence-electron chi connectivity index (χ4n) is 2.96. The van der Waals surface area contributed by atoms with E-state index in [1.54, 1.807) is 18.1 Å². The molecule has 0 atom stereocenters. The standard InChI is InChI=1S/C18H19N7OS/c1-5-11(3)25-9-16(26)24(4)15-8-19-18(21-17(15)25)20-12-7-14-13(6-10(12)2)22-27-23-14/h6-8H,3,5,9H2,1-2,4H3,(H,19,20,21). The molecule has 138 valence electrons. The van der Waals surface area contributed by atoms with Crippen molar-refractivity contribution in [3.8, 4) is 0 Å². The van der Waals surface area contributed by atoms with Crippen molar-refractivity contribution in [3.63, 3.8) is 0 Å². The zero-order chi connectivity index (χ0) is 19.1. The van der Waals surface area contributed by atoms with Crippen molar-refractivity contribution < 1.29 is 4.79 Å². The second-order valence-corrected chi connectivity index (χ2v) is 6.93. The number of benzene rings is 1. The predicted molar refractivity (Wildman–Crippen MR) is 108 cm³/mol. The summed E-state index contributed by atoms with van der Waals surface area (Å²) in [5, 5.41) is 3.26. The van der Waals surface area contributed by atoms with Crippen molar-refractivity contribution in [2.45, 2.75) is 20.3 Å². The molecule has 1 aromatic carbocycles. The first-order chi connectivity index (χ1) is 13.0. The first kappa shape index (κ1) is 17.3. The average molecular weight is 381 g/mol. The zero-order valence-corrected chi connectivity index (χ0v) is 16.2.